The molecule has 0 bridgehead atoms. The fourth-order valence-corrected chi connectivity index (χ4v) is 4.14. The van der Waals surface area contributed by atoms with Gasteiger partial charge in [-0.2, -0.15) is 5.26 Å². The number of nitrogens with one attached hydrogen (secondary N) is 1. The van der Waals surface area contributed by atoms with Crippen LogP contribution in [0.4, 0.5) is 0 Å². The molecular weight excluding hydrogens is 400 g/mol. The number of piperidine rings is 1. The van der Waals surface area contributed by atoms with Crippen LogP contribution >= 0.6 is 0 Å². The smallest absolute Gasteiger partial charge is 0.187 e. The third-order valence-electron chi connectivity index (χ3n) is 6.04. The molecule has 0 unspecified atom stereocenters. The van der Waals surface area contributed by atoms with Gasteiger partial charge in [-0.25, -0.2) is 4.98 Å². The Hall–Kier alpha value is -3.89. The van der Waals surface area contributed by atoms with E-state index >= 15 is 0 Å². The van der Waals surface area contributed by atoms with E-state index in [1.54, 1.807) is 18.6 Å². The molecule has 32 heavy (non-hydrogen) atoms. The molecule has 1 saturated heterocycles. The lowest BCUT2D eigenvalue weighted by Gasteiger charge is -2.30. The molecule has 0 atom stereocenters. The molecule has 0 radical (unpaired) electrons. The Morgan fingerprint density at radius 1 is 1.03 bits per heavy atom. The van der Waals surface area contributed by atoms with Gasteiger partial charge in [-0.15, -0.1) is 0 Å². The van der Waals surface area contributed by atoms with E-state index < -0.39 is 5.41 Å². The Labute approximate surface area is 186 Å². The van der Waals surface area contributed by atoms with E-state index in [-0.39, 0.29) is 0 Å². The number of hydrogen-bond acceptors (Lipinski definition) is 7. The lowest BCUT2D eigenvalue weighted by atomic mass is 9.77. The first kappa shape index (κ1) is 20.0. The van der Waals surface area contributed by atoms with Crippen LogP contribution < -0.4 is 5.32 Å². The first-order chi connectivity index (χ1) is 15.7. The molecule has 0 amide bonds. The van der Waals surface area contributed by atoms with Crippen LogP contribution in [0.2, 0.25) is 0 Å². The minimum Gasteiger partial charge on any atom is -0.354 e. The molecule has 0 saturated carbocycles. The summed E-state index contributed by atoms with van der Waals surface area (Å²) in [5, 5.41) is 17.4. The predicted molar refractivity (Wildman–Crippen MR) is 120 cm³/mol. The van der Waals surface area contributed by atoms with Crippen molar-refractivity contribution in [2.75, 3.05) is 13.1 Å². The summed E-state index contributed by atoms with van der Waals surface area (Å²) in [5.74, 6) is 0.554. The third kappa shape index (κ3) is 3.66. The predicted octanol–water partition coefficient (Wildman–Crippen LogP) is 4.31. The fraction of sp³-hybridized carbons (Fsp3) is 0.240. The average molecular weight is 422 g/mol. The van der Waals surface area contributed by atoms with E-state index in [1.807, 2.05) is 49.4 Å². The molecule has 1 aliphatic heterocycles. The Balaban J connectivity index is 1.48. The van der Waals surface area contributed by atoms with Gasteiger partial charge in [0.2, 0.25) is 0 Å². The molecule has 3 aromatic heterocycles. The van der Waals surface area contributed by atoms with Gasteiger partial charge < -0.3 is 9.84 Å². The zero-order valence-electron chi connectivity index (χ0n) is 17.7. The minimum atomic E-state index is -0.570. The van der Waals surface area contributed by atoms with Gasteiger partial charge in [-0.1, -0.05) is 29.4 Å². The summed E-state index contributed by atoms with van der Waals surface area (Å²) in [7, 11) is 0. The van der Waals surface area contributed by atoms with Gasteiger partial charge in [-0.3, -0.25) is 9.97 Å². The summed E-state index contributed by atoms with van der Waals surface area (Å²) in [6.07, 6.45) is 6.60. The van der Waals surface area contributed by atoms with Crippen molar-refractivity contribution < 1.29 is 4.52 Å². The van der Waals surface area contributed by atoms with E-state index in [1.165, 1.54) is 0 Å². The highest BCUT2D eigenvalue weighted by Crippen LogP contribution is 2.33. The molecule has 1 fully saturated rings. The second-order valence-electron chi connectivity index (χ2n) is 8.05. The fourth-order valence-electron chi connectivity index (χ4n) is 4.14. The van der Waals surface area contributed by atoms with Crippen molar-refractivity contribution in [2.24, 2.45) is 0 Å². The molecule has 0 aliphatic carbocycles. The van der Waals surface area contributed by atoms with Gasteiger partial charge in [0, 0.05) is 23.4 Å². The molecular formula is C25H22N6O. The zero-order valence-corrected chi connectivity index (χ0v) is 17.7. The maximum Gasteiger partial charge on any atom is 0.187 e. The highest BCUT2D eigenvalue weighted by atomic mass is 16.5. The van der Waals surface area contributed by atoms with Gasteiger partial charge >= 0.3 is 0 Å². The van der Waals surface area contributed by atoms with Crippen LogP contribution in [-0.2, 0) is 5.41 Å². The Kier molecular flexibility index (Phi) is 5.21. The highest BCUT2D eigenvalue weighted by Gasteiger charge is 2.35. The van der Waals surface area contributed by atoms with E-state index in [0.717, 1.165) is 54.0 Å². The van der Waals surface area contributed by atoms with Crippen molar-refractivity contribution in [1.82, 2.24) is 25.4 Å². The van der Waals surface area contributed by atoms with E-state index in [0.29, 0.717) is 17.1 Å². The van der Waals surface area contributed by atoms with Crippen molar-refractivity contribution in [3.63, 3.8) is 0 Å². The molecule has 158 valence electrons. The summed E-state index contributed by atoms with van der Waals surface area (Å²) >= 11 is 0. The molecule has 5 rings (SSSR count). The maximum absolute atomic E-state index is 9.90. The lowest BCUT2D eigenvalue weighted by molar-refractivity contribution is 0.375. The SMILES string of the molecule is Cc1ccccc1-c1cc(-c2cncc(-c3ccnc(C4(C#N)CCNCC4)c3)n2)on1. The van der Waals surface area contributed by atoms with Gasteiger partial charge in [-0.05, 0) is 50.6 Å². The number of benzene rings is 1. The molecule has 1 N–H and O–H groups in total. The quantitative estimate of drug-likeness (QED) is 0.523. The number of nitrogens with zero attached hydrogens (tertiary/aromatic N) is 5. The van der Waals surface area contributed by atoms with Crippen molar-refractivity contribution in [1.29, 1.82) is 5.26 Å². The Morgan fingerprint density at radius 2 is 1.84 bits per heavy atom. The molecule has 4 aromatic rings. The Morgan fingerprint density at radius 3 is 2.66 bits per heavy atom. The Bertz CT molecular complexity index is 1300. The number of hydrogen-bond donors (Lipinski definition) is 1. The third-order valence-corrected chi connectivity index (χ3v) is 6.04. The van der Waals surface area contributed by atoms with Crippen LogP contribution in [0, 0.1) is 18.3 Å². The number of nitriles is 1. The summed E-state index contributed by atoms with van der Waals surface area (Å²) in [6.45, 7) is 3.66. The summed E-state index contributed by atoms with van der Waals surface area (Å²) in [6, 6.07) is 16.3. The van der Waals surface area contributed by atoms with Gasteiger partial charge in [0.25, 0.3) is 0 Å². The standard InChI is InChI=1S/C25H22N6O/c1-17-4-2-3-5-19(17)20-13-23(32-31-20)22-15-28-14-21(30-22)18-6-9-29-24(12-18)25(16-26)7-10-27-11-8-25/h2-6,9,12-15,27H,7-8,10-11H2,1H3. The topological polar surface area (TPSA) is 101 Å². The second-order valence-corrected chi connectivity index (χ2v) is 8.05. The second kappa shape index (κ2) is 8.33. The van der Waals surface area contributed by atoms with Crippen molar-refractivity contribution in [3.8, 4) is 40.0 Å². The van der Waals surface area contributed by atoms with Crippen LogP contribution in [0.25, 0.3) is 34.0 Å². The van der Waals surface area contributed by atoms with E-state index in [2.05, 4.69) is 26.5 Å². The summed E-state index contributed by atoms with van der Waals surface area (Å²) < 4.78 is 5.59. The number of pyridine rings is 1. The monoisotopic (exact) mass is 422 g/mol. The van der Waals surface area contributed by atoms with Crippen LogP contribution in [0.5, 0.6) is 0 Å². The van der Waals surface area contributed by atoms with Gasteiger partial charge in [0.1, 0.15) is 16.8 Å². The first-order valence-electron chi connectivity index (χ1n) is 10.6. The number of aryl methyl sites for hydroxylation is 1. The van der Waals surface area contributed by atoms with E-state index in [4.69, 9.17) is 9.51 Å². The van der Waals surface area contributed by atoms with Crippen LogP contribution in [0.1, 0.15) is 24.1 Å². The van der Waals surface area contributed by atoms with Crippen LogP contribution in [-0.4, -0.2) is 33.2 Å². The zero-order chi connectivity index (χ0) is 22.0. The molecule has 4 heterocycles. The minimum absolute atomic E-state index is 0.554. The van der Waals surface area contributed by atoms with Crippen LogP contribution in [0.15, 0.2) is 65.6 Å². The van der Waals surface area contributed by atoms with Crippen molar-refractivity contribution in [3.05, 3.63) is 72.3 Å². The molecule has 1 aliphatic rings. The molecule has 7 heteroatoms. The summed E-state index contributed by atoms with van der Waals surface area (Å²) in [5.41, 5.74) is 5.30. The first-order valence-corrected chi connectivity index (χ1v) is 10.6. The lowest BCUT2D eigenvalue weighted by Crippen LogP contribution is -2.39. The number of aromatic nitrogens is 4. The molecule has 1 aromatic carbocycles. The highest BCUT2D eigenvalue weighted by molar-refractivity contribution is 5.68. The van der Waals surface area contributed by atoms with Crippen molar-refractivity contribution in [2.45, 2.75) is 25.2 Å². The van der Waals surface area contributed by atoms with Gasteiger partial charge in [0.15, 0.2) is 5.76 Å². The maximum atomic E-state index is 9.90. The largest absolute Gasteiger partial charge is 0.354 e. The average Bonchev–Trinajstić information content (AvgIpc) is 3.35. The van der Waals surface area contributed by atoms with Crippen LogP contribution in [0.3, 0.4) is 0 Å². The van der Waals surface area contributed by atoms with E-state index in [9.17, 15) is 5.26 Å². The number of rotatable bonds is 4. The summed E-state index contributed by atoms with van der Waals surface area (Å²) in [4.78, 5) is 13.7. The normalized spacial score (nSPS) is 15.2. The van der Waals surface area contributed by atoms with Crippen molar-refractivity contribution >= 4 is 0 Å². The molecule has 7 nitrogen and oxygen atoms in total. The van der Waals surface area contributed by atoms with Gasteiger partial charge in [0.05, 0.1) is 29.9 Å². The molecule has 0 spiro atoms.